The SMILES string of the molecule is O=C(OCO)N1CC1. The van der Waals surface area contributed by atoms with E-state index in [1.165, 1.54) is 4.90 Å². The van der Waals surface area contributed by atoms with Gasteiger partial charge in [-0.2, -0.15) is 0 Å². The smallest absolute Gasteiger partial charge is 0.411 e. The minimum atomic E-state index is -0.519. The molecule has 0 radical (unpaired) electrons. The summed E-state index contributed by atoms with van der Waals surface area (Å²) in [7, 11) is 0. The monoisotopic (exact) mass is 117 g/mol. The van der Waals surface area contributed by atoms with E-state index in [2.05, 4.69) is 4.74 Å². The van der Waals surface area contributed by atoms with Crippen LogP contribution in [0.1, 0.15) is 0 Å². The van der Waals surface area contributed by atoms with E-state index in [4.69, 9.17) is 5.11 Å². The van der Waals surface area contributed by atoms with E-state index in [1.54, 1.807) is 0 Å². The average Bonchev–Trinajstić information content (AvgIpc) is 2.45. The lowest BCUT2D eigenvalue weighted by molar-refractivity contribution is 0.0361. The fourth-order valence-corrected chi connectivity index (χ4v) is 0.379. The lowest BCUT2D eigenvalue weighted by Gasteiger charge is -1.97. The van der Waals surface area contributed by atoms with E-state index >= 15 is 0 Å². The van der Waals surface area contributed by atoms with Gasteiger partial charge in [0.25, 0.3) is 0 Å². The molecule has 0 saturated carbocycles. The summed E-state index contributed by atoms with van der Waals surface area (Å²) in [6, 6.07) is 0. The van der Waals surface area contributed by atoms with Crippen molar-refractivity contribution in [1.82, 2.24) is 4.90 Å². The van der Waals surface area contributed by atoms with Crippen molar-refractivity contribution < 1.29 is 14.6 Å². The van der Waals surface area contributed by atoms with Crippen LogP contribution in [0, 0.1) is 0 Å². The molecule has 46 valence electrons. The van der Waals surface area contributed by atoms with Gasteiger partial charge in [0, 0.05) is 13.1 Å². The van der Waals surface area contributed by atoms with Crippen molar-refractivity contribution in [1.29, 1.82) is 0 Å². The summed E-state index contributed by atoms with van der Waals surface area (Å²) in [4.78, 5) is 11.8. The first-order valence-electron chi connectivity index (χ1n) is 2.37. The number of ether oxygens (including phenoxy) is 1. The summed E-state index contributed by atoms with van der Waals surface area (Å²) in [5.74, 6) is 0. The normalized spacial score (nSPS) is 15.9. The van der Waals surface area contributed by atoms with Crippen LogP contribution < -0.4 is 0 Å². The molecule has 0 aromatic heterocycles. The topological polar surface area (TPSA) is 49.5 Å². The second kappa shape index (κ2) is 2.00. The molecule has 1 amide bonds. The molecule has 4 nitrogen and oxygen atoms in total. The molecule has 1 N–H and O–H groups in total. The van der Waals surface area contributed by atoms with Crippen molar-refractivity contribution in [2.45, 2.75) is 0 Å². The number of nitrogens with zero attached hydrogens (tertiary/aromatic N) is 1. The minimum Gasteiger partial charge on any atom is -0.422 e. The molecule has 0 aliphatic carbocycles. The third-order valence-corrected chi connectivity index (χ3v) is 0.893. The van der Waals surface area contributed by atoms with Crippen LogP contribution in [-0.4, -0.2) is 36.0 Å². The Morgan fingerprint density at radius 1 is 1.75 bits per heavy atom. The Balaban J connectivity index is 2.13. The number of aliphatic hydroxyl groups excluding tert-OH is 1. The Bertz CT molecular complexity index is 99.5. The zero-order chi connectivity index (χ0) is 5.98. The van der Waals surface area contributed by atoms with Crippen molar-refractivity contribution >= 4 is 6.09 Å². The lowest BCUT2D eigenvalue weighted by Crippen LogP contribution is -2.12. The maximum atomic E-state index is 10.3. The van der Waals surface area contributed by atoms with E-state index in [0.29, 0.717) is 0 Å². The number of amides is 1. The first-order chi connectivity index (χ1) is 3.84. The van der Waals surface area contributed by atoms with Gasteiger partial charge in [0.1, 0.15) is 0 Å². The quantitative estimate of drug-likeness (QED) is 0.368. The second-order valence-electron chi connectivity index (χ2n) is 1.53. The lowest BCUT2D eigenvalue weighted by atomic mass is 11.0. The molecule has 8 heavy (non-hydrogen) atoms. The van der Waals surface area contributed by atoms with E-state index < -0.39 is 12.9 Å². The van der Waals surface area contributed by atoms with E-state index in [9.17, 15) is 4.79 Å². The van der Waals surface area contributed by atoms with Crippen LogP contribution in [0.4, 0.5) is 4.79 Å². The molecular formula is C4H7NO3. The van der Waals surface area contributed by atoms with Crippen molar-refractivity contribution in [3.05, 3.63) is 0 Å². The van der Waals surface area contributed by atoms with Crippen LogP contribution >= 0.6 is 0 Å². The number of hydrogen-bond acceptors (Lipinski definition) is 3. The molecule has 0 aromatic rings. The number of carbonyl (C=O) groups is 1. The first kappa shape index (κ1) is 5.37. The van der Waals surface area contributed by atoms with Crippen molar-refractivity contribution in [2.24, 2.45) is 0 Å². The van der Waals surface area contributed by atoms with Crippen LogP contribution in [0.25, 0.3) is 0 Å². The standard InChI is InChI=1S/C4H7NO3/c6-3-8-4(7)5-1-2-5/h6H,1-3H2. The Morgan fingerprint density at radius 2 is 2.38 bits per heavy atom. The molecule has 0 atom stereocenters. The summed E-state index contributed by atoms with van der Waals surface area (Å²) in [5.41, 5.74) is 0. The molecule has 0 bridgehead atoms. The summed E-state index contributed by atoms with van der Waals surface area (Å²) in [5, 5.41) is 8.04. The molecule has 1 saturated heterocycles. The van der Waals surface area contributed by atoms with Gasteiger partial charge in [0.15, 0.2) is 6.79 Å². The number of rotatable bonds is 1. The van der Waals surface area contributed by atoms with Crippen molar-refractivity contribution in [3.63, 3.8) is 0 Å². The Labute approximate surface area is 46.7 Å². The molecule has 0 unspecified atom stereocenters. The highest BCUT2D eigenvalue weighted by Gasteiger charge is 2.24. The summed E-state index contributed by atoms with van der Waals surface area (Å²) >= 11 is 0. The number of carbonyl (C=O) groups excluding carboxylic acids is 1. The molecular weight excluding hydrogens is 110 g/mol. The maximum Gasteiger partial charge on any atom is 0.411 e. The highest BCUT2D eigenvalue weighted by Crippen LogP contribution is 2.04. The molecule has 1 heterocycles. The Kier molecular flexibility index (Phi) is 1.34. The fourth-order valence-electron chi connectivity index (χ4n) is 0.379. The molecule has 4 heteroatoms. The highest BCUT2D eigenvalue weighted by molar-refractivity contribution is 5.69. The van der Waals surface area contributed by atoms with Gasteiger partial charge in [-0.1, -0.05) is 0 Å². The third kappa shape index (κ3) is 1.10. The van der Waals surface area contributed by atoms with Crippen LogP contribution in [0.3, 0.4) is 0 Å². The van der Waals surface area contributed by atoms with Crippen LogP contribution in [0.15, 0.2) is 0 Å². The van der Waals surface area contributed by atoms with Gasteiger partial charge in [0.2, 0.25) is 0 Å². The molecule has 1 rings (SSSR count). The van der Waals surface area contributed by atoms with Crippen LogP contribution in [0.2, 0.25) is 0 Å². The van der Waals surface area contributed by atoms with Gasteiger partial charge in [-0.15, -0.1) is 0 Å². The molecule has 0 aromatic carbocycles. The van der Waals surface area contributed by atoms with E-state index in [-0.39, 0.29) is 0 Å². The zero-order valence-corrected chi connectivity index (χ0v) is 4.33. The van der Waals surface area contributed by atoms with Gasteiger partial charge >= 0.3 is 6.09 Å². The first-order valence-corrected chi connectivity index (χ1v) is 2.37. The van der Waals surface area contributed by atoms with Crippen molar-refractivity contribution in [3.8, 4) is 0 Å². The molecule has 0 spiro atoms. The summed E-state index contributed by atoms with van der Waals surface area (Å²) in [6.07, 6.45) is -0.424. The average molecular weight is 117 g/mol. The largest absolute Gasteiger partial charge is 0.422 e. The minimum absolute atomic E-state index is 0.424. The number of hydrogen-bond donors (Lipinski definition) is 1. The van der Waals surface area contributed by atoms with Crippen LogP contribution in [-0.2, 0) is 4.74 Å². The summed E-state index contributed by atoms with van der Waals surface area (Å²) < 4.78 is 4.21. The zero-order valence-electron chi connectivity index (χ0n) is 4.33. The molecule has 1 fully saturated rings. The summed E-state index contributed by atoms with van der Waals surface area (Å²) in [6.45, 7) is 1.01. The number of aliphatic hydroxyl groups is 1. The third-order valence-electron chi connectivity index (χ3n) is 0.893. The predicted octanol–water partition coefficient (Wildman–Crippen LogP) is -0.612. The van der Waals surface area contributed by atoms with Gasteiger partial charge in [0.05, 0.1) is 0 Å². The van der Waals surface area contributed by atoms with Gasteiger partial charge in [-0.3, -0.25) is 0 Å². The van der Waals surface area contributed by atoms with E-state index in [1.807, 2.05) is 0 Å². The Hall–Kier alpha value is -0.770. The van der Waals surface area contributed by atoms with Gasteiger partial charge < -0.3 is 14.7 Å². The highest BCUT2D eigenvalue weighted by atomic mass is 16.6. The second-order valence-corrected chi connectivity index (χ2v) is 1.53. The van der Waals surface area contributed by atoms with Crippen molar-refractivity contribution in [2.75, 3.05) is 19.9 Å². The maximum absolute atomic E-state index is 10.3. The molecule has 1 aliphatic heterocycles. The fraction of sp³-hybridized carbons (Fsp3) is 0.750. The molecule has 1 aliphatic rings. The Morgan fingerprint density at radius 3 is 2.75 bits per heavy atom. The predicted molar refractivity (Wildman–Crippen MR) is 25.1 cm³/mol. The van der Waals surface area contributed by atoms with Crippen LogP contribution in [0.5, 0.6) is 0 Å². The van der Waals surface area contributed by atoms with E-state index in [0.717, 1.165) is 13.1 Å². The van der Waals surface area contributed by atoms with Gasteiger partial charge in [-0.05, 0) is 0 Å². The van der Waals surface area contributed by atoms with Gasteiger partial charge in [-0.25, -0.2) is 4.79 Å².